The fourth-order valence-electron chi connectivity index (χ4n) is 4.33. The zero-order valence-corrected chi connectivity index (χ0v) is 19.3. The summed E-state index contributed by atoms with van der Waals surface area (Å²) in [5.41, 5.74) is 2.38. The molecule has 2 aromatic carbocycles. The fourth-order valence-corrected chi connectivity index (χ4v) is 4.33. The van der Waals surface area contributed by atoms with Crippen molar-refractivity contribution < 1.29 is 18.0 Å². The number of aryl methyl sites for hydroxylation is 2. The van der Waals surface area contributed by atoms with E-state index in [4.69, 9.17) is 4.98 Å². The van der Waals surface area contributed by atoms with Crippen molar-refractivity contribution in [3.8, 4) is 0 Å². The molecule has 1 aromatic heterocycles. The third-order valence-electron chi connectivity index (χ3n) is 6.05. The molecule has 178 valence electrons. The van der Waals surface area contributed by atoms with Gasteiger partial charge in [0.2, 0.25) is 0 Å². The number of benzene rings is 2. The van der Waals surface area contributed by atoms with Gasteiger partial charge in [0.15, 0.2) is 0 Å². The Morgan fingerprint density at radius 1 is 0.941 bits per heavy atom. The van der Waals surface area contributed by atoms with Gasteiger partial charge in [-0.2, -0.15) is 13.2 Å². The number of carbonyl (C=O) groups excluding carboxylic acids is 1. The molecule has 4 rings (SSSR count). The summed E-state index contributed by atoms with van der Waals surface area (Å²) in [6, 6.07) is 14.8. The van der Waals surface area contributed by atoms with Gasteiger partial charge in [0.25, 0.3) is 5.91 Å². The quantitative estimate of drug-likeness (QED) is 0.537. The van der Waals surface area contributed by atoms with Gasteiger partial charge in [-0.3, -0.25) is 4.79 Å². The van der Waals surface area contributed by atoms with Crippen LogP contribution in [-0.2, 0) is 12.6 Å². The summed E-state index contributed by atoms with van der Waals surface area (Å²) >= 11 is 0. The largest absolute Gasteiger partial charge is 0.416 e. The average molecular weight is 469 g/mol. The van der Waals surface area contributed by atoms with Gasteiger partial charge in [0.1, 0.15) is 11.6 Å². The predicted octanol–water partition coefficient (Wildman–Crippen LogP) is 5.06. The monoisotopic (exact) mass is 468 g/mol. The fraction of sp³-hybridized carbons (Fsp3) is 0.346. The summed E-state index contributed by atoms with van der Waals surface area (Å²) in [6.45, 7) is 5.97. The summed E-state index contributed by atoms with van der Waals surface area (Å²) in [7, 11) is 0. The zero-order valence-electron chi connectivity index (χ0n) is 19.3. The van der Waals surface area contributed by atoms with Crippen LogP contribution in [0.3, 0.4) is 0 Å². The van der Waals surface area contributed by atoms with Crippen molar-refractivity contribution in [3.05, 3.63) is 88.4 Å². The second kappa shape index (κ2) is 9.83. The molecule has 1 aliphatic heterocycles. The Morgan fingerprint density at radius 3 is 2.44 bits per heavy atom. The highest BCUT2D eigenvalue weighted by Crippen LogP contribution is 2.30. The Morgan fingerprint density at radius 2 is 1.71 bits per heavy atom. The Kier molecular flexibility index (Phi) is 6.86. The second-order valence-electron chi connectivity index (χ2n) is 8.53. The van der Waals surface area contributed by atoms with Crippen LogP contribution < -0.4 is 4.90 Å². The molecule has 5 nitrogen and oxygen atoms in total. The van der Waals surface area contributed by atoms with Crippen molar-refractivity contribution in [3.63, 3.8) is 0 Å². The van der Waals surface area contributed by atoms with E-state index >= 15 is 0 Å². The van der Waals surface area contributed by atoms with Crippen molar-refractivity contribution in [2.24, 2.45) is 0 Å². The Balaban J connectivity index is 1.54. The number of alkyl halides is 3. The average Bonchev–Trinajstić information content (AvgIpc) is 3.07. The molecule has 0 N–H and O–H groups in total. The van der Waals surface area contributed by atoms with E-state index in [1.165, 1.54) is 12.1 Å². The number of anilines is 1. The van der Waals surface area contributed by atoms with Crippen LogP contribution in [0.25, 0.3) is 0 Å². The molecule has 3 aromatic rings. The van der Waals surface area contributed by atoms with Gasteiger partial charge >= 0.3 is 6.18 Å². The number of hydrogen-bond donors (Lipinski definition) is 0. The normalized spacial score (nSPS) is 14.7. The smallest absolute Gasteiger partial charge is 0.354 e. The molecule has 0 aliphatic carbocycles. The highest BCUT2D eigenvalue weighted by Gasteiger charge is 2.31. The van der Waals surface area contributed by atoms with Crippen LogP contribution >= 0.6 is 0 Å². The number of hydrogen-bond acceptors (Lipinski definition) is 4. The summed E-state index contributed by atoms with van der Waals surface area (Å²) in [5.74, 6) is 1.17. The summed E-state index contributed by atoms with van der Waals surface area (Å²) < 4.78 is 39.3. The van der Waals surface area contributed by atoms with Gasteiger partial charge in [0.05, 0.1) is 5.56 Å². The van der Waals surface area contributed by atoms with E-state index in [9.17, 15) is 18.0 Å². The molecule has 1 aliphatic rings. The number of rotatable bonds is 4. The van der Waals surface area contributed by atoms with Crippen LogP contribution in [0.1, 0.15) is 45.0 Å². The molecule has 0 bridgehead atoms. The first-order valence-electron chi connectivity index (χ1n) is 11.3. The topological polar surface area (TPSA) is 49.3 Å². The van der Waals surface area contributed by atoms with Crippen LogP contribution in [0.2, 0.25) is 0 Å². The molecular formula is C26H27F3N4O. The lowest BCUT2D eigenvalue weighted by Gasteiger charge is -2.26. The van der Waals surface area contributed by atoms with Gasteiger partial charge in [-0.05, 0) is 44.0 Å². The highest BCUT2D eigenvalue weighted by atomic mass is 19.4. The van der Waals surface area contributed by atoms with Crippen molar-refractivity contribution >= 4 is 11.7 Å². The van der Waals surface area contributed by atoms with E-state index in [0.29, 0.717) is 44.8 Å². The molecule has 8 heteroatoms. The van der Waals surface area contributed by atoms with Gasteiger partial charge in [-0.1, -0.05) is 36.4 Å². The van der Waals surface area contributed by atoms with E-state index < -0.39 is 11.7 Å². The van der Waals surface area contributed by atoms with Gasteiger partial charge < -0.3 is 9.80 Å². The third-order valence-corrected chi connectivity index (χ3v) is 6.05. The molecule has 0 atom stereocenters. The minimum absolute atomic E-state index is 0.0572. The molecule has 1 saturated heterocycles. The lowest BCUT2D eigenvalue weighted by molar-refractivity contribution is -0.137. The molecule has 0 spiro atoms. The second-order valence-corrected chi connectivity index (χ2v) is 8.53. The van der Waals surface area contributed by atoms with Crippen LogP contribution in [0.4, 0.5) is 19.0 Å². The first-order chi connectivity index (χ1) is 16.2. The molecule has 2 heterocycles. The molecular weight excluding hydrogens is 441 g/mol. The standard InChI is InChI=1S/C26H27F3N4O/c1-18-23(16-20-8-4-3-5-9-20)24(31-19(2)30-18)32-12-7-13-33(15-14-32)25(34)21-10-6-11-22(17-21)26(27,28)29/h3-6,8-11,17H,7,12-16H2,1-2H3. The van der Waals surface area contributed by atoms with Crippen molar-refractivity contribution in [1.29, 1.82) is 0 Å². The van der Waals surface area contributed by atoms with E-state index in [1.807, 2.05) is 32.0 Å². The van der Waals surface area contributed by atoms with E-state index in [0.717, 1.165) is 34.8 Å². The molecule has 1 fully saturated rings. The van der Waals surface area contributed by atoms with Crippen molar-refractivity contribution in [2.45, 2.75) is 32.9 Å². The van der Waals surface area contributed by atoms with E-state index in [2.05, 4.69) is 22.0 Å². The van der Waals surface area contributed by atoms with E-state index in [-0.39, 0.29) is 11.5 Å². The van der Waals surface area contributed by atoms with Crippen molar-refractivity contribution in [2.75, 3.05) is 31.1 Å². The third kappa shape index (κ3) is 5.38. The Labute approximate surface area is 197 Å². The van der Waals surface area contributed by atoms with Crippen molar-refractivity contribution in [1.82, 2.24) is 14.9 Å². The number of aromatic nitrogens is 2. The molecule has 1 amide bonds. The van der Waals surface area contributed by atoms with Gasteiger partial charge in [-0.25, -0.2) is 9.97 Å². The lowest BCUT2D eigenvalue weighted by Crippen LogP contribution is -2.36. The molecule has 0 saturated carbocycles. The molecule has 34 heavy (non-hydrogen) atoms. The number of halogens is 3. The first-order valence-corrected chi connectivity index (χ1v) is 11.3. The predicted molar refractivity (Wildman–Crippen MR) is 125 cm³/mol. The SMILES string of the molecule is Cc1nc(C)c(Cc2ccccc2)c(N2CCCN(C(=O)c3cccc(C(F)(F)F)c3)CC2)n1. The minimum Gasteiger partial charge on any atom is -0.354 e. The number of nitrogens with zero attached hydrogens (tertiary/aromatic N) is 4. The number of amides is 1. The maximum Gasteiger partial charge on any atom is 0.416 e. The zero-order chi connectivity index (χ0) is 24.3. The summed E-state index contributed by atoms with van der Waals surface area (Å²) in [5, 5.41) is 0. The van der Waals surface area contributed by atoms with Crippen LogP contribution in [-0.4, -0.2) is 47.0 Å². The van der Waals surface area contributed by atoms with Crippen LogP contribution in [0, 0.1) is 13.8 Å². The maximum atomic E-state index is 13.1. The van der Waals surface area contributed by atoms with E-state index in [1.54, 1.807) is 4.90 Å². The Bertz CT molecular complexity index is 1160. The van der Waals surface area contributed by atoms with Crippen LogP contribution in [0.5, 0.6) is 0 Å². The minimum atomic E-state index is -4.48. The summed E-state index contributed by atoms with van der Waals surface area (Å²) in [4.78, 5) is 26.1. The van der Waals surface area contributed by atoms with Gasteiger partial charge in [0, 0.05) is 49.4 Å². The lowest BCUT2D eigenvalue weighted by atomic mass is 10.0. The van der Waals surface area contributed by atoms with Crippen LogP contribution in [0.15, 0.2) is 54.6 Å². The highest BCUT2D eigenvalue weighted by molar-refractivity contribution is 5.94. The number of carbonyl (C=O) groups is 1. The molecule has 0 unspecified atom stereocenters. The maximum absolute atomic E-state index is 13.1. The molecule has 0 radical (unpaired) electrons. The van der Waals surface area contributed by atoms with Gasteiger partial charge in [-0.15, -0.1) is 0 Å². The Hall–Kier alpha value is -3.42. The summed E-state index contributed by atoms with van der Waals surface area (Å²) in [6.07, 6.45) is -3.09. The first kappa shape index (κ1) is 23.7.